The molecule has 136 valence electrons. The van der Waals surface area contributed by atoms with E-state index in [2.05, 4.69) is 24.6 Å². The molecule has 0 saturated carbocycles. The Morgan fingerprint density at radius 2 is 2.00 bits per heavy atom. The lowest BCUT2D eigenvalue weighted by atomic mass is 9.81. The van der Waals surface area contributed by atoms with Gasteiger partial charge in [0.05, 0.1) is 5.16 Å². The highest BCUT2D eigenvalue weighted by atomic mass is 35.5. The monoisotopic (exact) mass is 390 g/mol. The van der Waals surface area contributed by atoms with E-state index in [1.165, 1.54) is 6.20 Å². The predicted molar refractivity (Wildman–Crippen MR) is 84.8 cm³/mol. The molecule has 4 aromatic rings. The smallest absolute Gasteiger partial charge is 0.304 e. The van der Waals surface area contributed by atoms with Crippen molar-refractivity contribution >= 4 is 22.5 Å². The average Bonchev–Trinajstić information content (AvgIpc) is 3.31. The van der Waals surface area contributed by atoms with E-state index in [0.29, 0.717) is 21.5 Å². The van der Waals surface area contributed by atoms with Crippen LogP contribution in [0.15, 0.2) is 33.7 Å². The van der Waals surface area contributed by atoms with Crippen LogP contribution in [-0.4, -0.2) is 20.2 Å². The molecule has 12 nitrogen and oxygen atoms in total. The second-order valence-corrected chi connectivity index (χ2v) is 6.41. The summed E-state index contributed by atoms with van der Waals surface area (Å²) in [7, 11) is 0. The SMILES string of the molecule is O=[N+]([O-])[C@H]1c2no[n+]([O-])c2-c2no[n+]([O-])c2[C@@H]1c1c[nH]c2ccc(Cl)cc12. The van der Waals surface area contributed by atoms with Crippen molar-refractivity contribution in [2.24, 2.45) is 0 Å². The maximum atomic E-state index is 12.2. The Kier molecular flexibility index (Phi) is 2.98. The molecular weight excluding hydrogens is 384 g/mol. The summed E-state index contributed by atoms with van der Waals surface area (Å²) in [6.07, 6.45) is 1.54. The quantitative estimate of drug-likeness (QED) is 0.302. The Morgan fingerprint density at radius 1 is 1.22 bits per heavy atom. The molecule has 2 atom stereocenters. The second kappa shape index (κ2) is 5.17. The predicted octanol–water partition coefficient (Wildman–Crippen LogP) is 1.19. The summed E-state index contributed by atoms with van der Waals surface area (Å²) in [5, 5.41) is 44.1. The van der Waals surface area contributed by atoms with Gasteiger partial charge in [-0.2, -0.15) is 0 Å². The molecule has 0 spiro atoms. The van der Waals surface area contributed by atoms with E-state index in [1.54, 1.807) is 18.2 Å². The van der Waals surface area contributed by atoms with Gasteiger partial charge in [0.15, 0.2) is 0 Å². The van der Waals surface area contributed by atoms with Crippen LogP contribution < -0.4 is 9.81 Å². The van der Waals surface area contributed by atoms with Crippen molar-refractivity contribution in [2.75, 3.05) is 0 Å². The van der Waals surface area contributed by atoms with Crippen LogP contribution in [0.3, 0.4) is 0 Å². The van der Waals surface area contributed by atoms with Gasteiger partial charge in [-0.15, -0.1) is 0 Å². The molecule has 3 aromatic heterocycles. The minimum atomic E-state index is -1.57. The van der Waals surface area contributed by atoms with E-state index < -0.39 is 16.9 Å². The van der Waals surface area contributed by atoms with E-state index in [1.807, 2.05) is 0 Å². The molecule has 13 heteroatoms. The zero-order valence-electron chi connectivity index (χ0n) is 13.0. The number of halogens is 1. The summed E-state index contributed by atoms with van der Waals surface area (Å²) < 4.78 is 9.14. The number of nitrogens with zero attached hydrogens (tertiary/aromatic N) is 5. The first-order valence-corrected chi connectivity index (χ1v) is 7.94. The largest absolute Gasteiger partial charge is 0.361 e. The number of aromatic nitrogens is 5. The van der Waals surface area contributed by atoms with E-state index in [-0.39, 0.29) is 32.6 Å². The molecular formula is C14H7ClN6O6. The summed E-state index contributed by atoms with van der Waals surface area (Å²) in [4.78, 5) is 14.3. The Balaban J connectivity index is 1.86. The van der Waals surface area contributed by atoms with E-state index in [9.17, 15) is 20.5 Å². The number of fused-ring (bicyclic) bond motifs is 4. The lowest BCUT2D eigenvalue weighted by Gasteiger charge is -2.18. The van der Waals surface area contributed by atoms with Gasteiger partial charge in [-0.05, 0) is 33.6 Å². The molecule has 0 saturated heterocycles. The highest BCUT2D eigenvalue weighted by Crippen LogP contribution is 2.48. The fourth-order valence-corrected chi connectivity index (χ4v) is 3.73. The first-order valence-electron chi connectivity index (χ1n) is 7.57. The van der Waals surface area contributed by atoms with Gasteiger partial charge in [0.1, 0.15) is 5.92 Å². The molecule has 1 N–H and O–H groups in total. The molecule has 0 fully saturated rings. The highest BCUT2D eigenvalue weighted by Gasteiger charge is 2.57. The molecule has 5 rings (SSSR count). The van der Waals surface area contributed by atoms with Crippen molar-refractivity contribution in [3.8, 4) is 11.4 Å². The number of hydrogen-bond acceptors (Lipinski definition) is 8. The van der Waals surface area contributed by atoms with Crippen LogP contribution in [0, 0.1) is 20.5 Å². The zero-order chi connectivity index (χ0) is 18.9. The highest BCUT2D eigenvalue weighted by molar-refractivity contribution is 6.31. The number of hydrogen-bond donors (Lipinski definition) is 1. The van der Waals surface area contributed by atoms with Crippen molar-refractivity contribution in [3.63, 3.8) is 0 Å². The number of nitrogens with one attached hydrogen (secondary N) is 1. The maximum Gasteiger partial charge on any atom is 0.304 e. The van der Waals surface area contributed by atoms with Crippen molar-refractivity contribution in [1.82, 2.24) is 15.3 Å². The zero-order valence-corrected chi connectivity index (χ0v) is 13.8. The van der Waals surface area contributed by atoms with Gasteiger partial charge in [0.2, 0.25) is 5.69 Å². The summed E-state index contributed by atoms with van der Waals surface area (Å²) in [6.45, 7) is 0. The van der Waals surface area contributed by atoms with Crippen molar-refractivity contribution in [2.45, 2.75) is 12.0 Å². The molecule has 3 heterocycles. The third-order valence-electron chi connectivity index (χ3n) is 4.64. The fraction of sp³-hybridized carbons (Fsp3) is 0.143. The Hall–Kier alpha value is -3.67. The van der Waals surface area contributed by atoms with Crippen LogP contribution in [0.4, 0.5) is 0 Å². The van der Waals surface area contributed by atoms with Crippen LogP contribution in [-0.2, 0) is 0 Å². The third-order valence-corrected chi connectivity index (χ3v) is 4.87. The van der Waals surface area contributed by atoms with Gasteiger partial charge in [-0.3, -0.25) is 19.4 Å². The van der Waals surface area contributed by atoms with Gasteiger partial charge in [0.25, 0.3) is 17.4 Å². The van der Waals surface area contributed by atoms with Crippen LogP contribution in [0.25, 0.3) is 22.3 Å². The maximum absolute atomic E-state index is 12.2. The topological polar surface area (TPSA) is 165 Å². The van der Waals surface area contributed by atoms with E-state index >= 15 is 0 Å². The Bertz CT molecular complexity index is 1230. The molecule has 0 radical (unpaired) electrons. The van der Waals surface area contributed by atoms with Gasteiger partial charge in [0, 0.05) is 32.2 Å². The summed E-state index contributed by atoms with van der Waals surface area (Å²) in [5.41, 5.74) is 0.177. The van der Waals surface area contributed by atoms with Crippen LogP contribution in [0.1, 0.15) is 28.9 Å². The molecule has 0 aliphatic heterocycles. The van der Waals surface area contributed by atoms with Crippen LogP contribution >= 0.6 is 11.6 Å². The van der Waals surface area contributed by atoms with Crippen molar-refractivity contribution in [1.29, 1.82) is 0 Å². The van der Waals surface area contributed by atoms with Crippen LogP contribution in [0.2, 0.25) is 5.02 Å². The minimum Gasteiger partial charge on any atom is -0.361 e. The van der Waals surface area contributed by atoms with Gasteiger partial charge in [-0.25, -0.2) is 0 Å². The number of nitro groups is 1. The van der Waals surface area contributed by atoms with Crippen LogP contribution in [0.5, 0.6) is 0 Å². The standard InChI is InChI=1S/C14H7ClN6O6/c15-5-1-2-8-6(3-5)7(4-16-8)9-12(19(22)23)10-14(21(25)27-17-10)11-13(9)20(24)26-18-11/h1-4,9,12,16H/t9-,12-/m1/s1. The summed E-state index contributed by atoms with van der Waals surface area (Å²) >= 11 is 6.06. The third kappa shape index (κ3) is 1.98. The molecule has 1 aliphatic rings. The lowest BCUT2D eigenvalue weighted by molar-refractivity contribution is -0.809. The fourth-order valence-electron chi connectivity index (χ4n) is 3.56. The number of benzene rings is 1. The molecule has 1 aliphatic carbocycles. The molecule has 0 amide bonds. The number of aromatic amines is 1. The Labute approximate surface area is 152 Å². The van der Waals surface area contributed by atoms with Crippen molar-refractivity contribution in [3.05, 3.63) is 66.9 Å². The number of H-pyrrole nitrogens is 1. The molecule has 0 unspecified atom stereocenters. The molecule has 27 heavy (non-hydrogen) atoms. The van der Waals surface area contributed by atoms with Gasteiger partial charge in [-0.1, -0.05) is 11.6 Å². The molecule has 0 bridgehead atoms. The summed E-state index contributed by atoms with van der Waals surface area (Å²) in [6, 6.07) is 3.42. The van der Waals surface area contributed by atoms with Gasteiger partial charge < -0.3 is 15.4 Å². The first-order chi connectivity index (χ1) is 13.0. The second-order valence-electron chi connectivity index (χ2n) is 5.97. The normalized spacial score (nSPS) is 18.4. The average molecular weight is 391 g/mol. The lowest BCUT2D eigenvalue weighted by Crippen LogP contribution is -2.38. The van der Waals surface area contributed by atoms with E-state index in [0.717, 1.165) is 0 Å². The number of rotatable bonds is 2. The minimum absolute atomic E-state index is 0.0322. The van der Waals surface area contributed by atoms with Crippen molar-refractivity contribution < 1.29 is 24.0 Å². The first kappa shape index (κ1) is 15.6. The van der Waals surface area contributed by atoms with E-state index in [4.69, 9.17) is 11.6 Å². The van der Waals surface area contributed by atoms with Gasteiger partial charge >= 0.3 is 5.69 Å². The summed E-state index contributed by atoms with van der Waals surface area (Å²) in [5.74, 6) is -1.14. The molecule has 1 aromatic carbocycles. The Morgan fingerprint density at radius 3 is 2.78 bits per heavy atom.